The van der Waals surface area contributed by atoms with E-state index in [0.29, 0.717) is 6.04 Å². The highest BCUT2D eigenvalue weighted by molar-refractivity contribution is 5.31. The highest BCUT2D eigenvalue weighted by atomic mass is 15.1. The molecular formula is C15H29N. The van der Waals surface area contributed by atoms with Crippen LogP contribution in [0.3, 0.4) is 0 Å². The van der Waals surface area contributed by atoms with Crippen LogP contribution in [0.1, 0.15) is 48.0 Å². The molecule has 1 nitrogen and oxygen atoms in total. The van der Waals surface area contributed by atoms with E-state index >= 15 is 0 Å². The van der Waals surface area contributed by atoms with Crippen molar-refractivity contribution in [3.8, 4) is 0 Å². The Bertz CT molecular complexity index is 234. The Kier molecular flexibility index (Phi) is 11.5. The van der Waals surface area contributed by atoms with Crippen molar-refractivity contribution in [2.24, 2.45) is 0 Å². The van der Waals surface area contributed by atoms with Crippen LogP contribution in [0.5, 0.6) is 0 Å². The van der Waals surface area contributed by atoms with E-state index in [2.05, 4.69) is 58.4 Å². The largest absolute Gasteiger partial charge is 0.372 e. The SMILES string of the molecule is C=C/C=C(CC)\C(=C/C)N(C)C(C)C.CC. The summed E-state index contributed by atoms with van der Waals surface area (Å²) in [5.41, 5.74) is 2.65. The molecule has 0 aliphatic heterocycles. The molecule has 0 amide bonds. The van der Waals surface area contributed by atoms with Crippen molar-refractivity contribution in [2.45, 2.75) is 54.0 Å². The highest BCUT2D eigenvalue weighted by Crippen LogP contribution is 2.19. The van der Waals surface area contributed by atoms with Gasteiger partial charge < -0.3 is 4.90 Å². The zero-order chi connectivity index (χ0) is 13.1. The number of nitrogens with zero attached hydrogens (tertiary/aromatic N) is 1. The minimum atomic E-state index is 0.529. The van der Waals surface area contributed by atoms with E-state index in [0.717, 1.165) is 6.42 Å². The van der Waals surface area contributed by atoms with Gasteiger partial charge in [0.25, 0.3) is 0 Å². The Morgan fingerprint density at radius 3 is 2.06 bits per heavy atom. The number of allylic oxidation sites excluding steroid dienone is 4. The normalized spacial score (nSPS) is 12.0. The van der Waals surface area contributed by atoms with Crippen molar-refractivity contribution in [2.75, 3.05) is 7.05 Å². The van der Waals surface area contributed by atoms with Gasteiger partial charge in [0.1, 0.15) is 0 Å². The van der Waals surface area contributed by atoms with E-state index in [1.807, 2.05) is 19.9 Å². The molecule has 0 aromatic rings. The monoisotopic (exact) mass is 223 g/mol. The third-order valence-corrected chi connectivity index (χ3v) is 2.46. The third kappa shape index (κ3) is 5.79. The molecule has 1 heteroatoms. The van der Waals surface area contributed by atoms with Crippen LogP contribution in [0.4, 0.5) is 0 Å². The highest BCUT2D eigenvalue weighted by Gasteiger charge is 2.09. The van der Waals surface area contributed by atoms with Crippen molar-refractivity contribution < 1.29 is 0 Å². The molecule has 0 bridgehead atoms. The molecule has 0 rings (SSSR count). The summed E-state index contributed by atoms with van der Waals surface area (Å²) in [4.78, 5) is 2.29. The van der Waals surface area contributed by atoms with Gasteiger partial charge in [-0.15, -0.1) is 0 Å². The first kappa shape index (κ1) is 17.4. The van der Waals surface area contributed by atoms with E-state index in [4.69, 9.17) is 0 Å². The summed E-state index contributed by atoms with van der Waals surface area (Å²) in [6.07, 6.45) is 7.16. The van der Waals surface area contributed by atoms with Gasteiger partial charge in [0.15, 0.2) is 0 Å². The quantitative estimate of drug-likeness (QED) is 0.606. The number of hydrogen-bond acceptors (Lipinski definition) is 1. The molecule has 16 heavy (non-hydrogen) atoms. The zero-order valence-electron chi connectivity index (χ0n) is 12.2. The van der Waals surface area contributed by atoms with Gasteiger partial charge in [-0.25, -0.2) is 0 Å². The van der Waals surface area contributed by atoms with Crippen LogP contribution in [-0.4, -0.2) is 18.0 Å². The lowest BCUT2D eigenvalue weighted by atomic mass is 10.1. The summed E-state index contributed by atoms with van der Waals surface area (Å²) >= 11 is 0. The summed E-state index contributed by atoms with van der Waals surface area (Å²) in [6.45, 7) is 16.4. The molecule has 0 N–H and O–H groups in total. The molecule has 0 aromatic carbocycles. The molecular weight excluding hydrogens is 194 g/mol. The standard InChI is InChI=1S/C13H23N.C2H6/c1-7-10-12(8-2)13(9-3)14(6)11(4)5;1-2/h7,9-11H,1,8H2,2-6H3;1-2H3/b12-10-,13-9+;. The molecule has 0 aliphatic carbocycles. The minimum absolute atomic E-state index is 0.529. The summed E-state index contributed by atoms with van der Waals surface area (Å²) in [6, 6.07) is 0.529. The van der Waals surface area contributed by atoms with Crippen molar-refractivity contribution in [3.05, 3.63) is 36.1 Å². The second-order valence-corrected chi connectivity index (χ2v) is 3.66. The van der Waals surface area contributed by atoms with Crippen LogP contribution in [0, 0.1) is 0 Å². The van der Waals surface area contributed by atoms with Gasteiger partial charge in [-0.3, -0.25) is 0 Å². The van der Waals surface area contributed by atoms with Gasteiger partial charge in [-0.1, -0.05) is 45.6 Å². The van der Waals surface area contributed by atoms with E-state index in [9.17, 15) is 0 Å². The van der Waals surface area contributed by atoms with Crippen LogP contribution in [0.25, 0.3) is 0 Å². The average molecular weight is 223 g/mol. The maximum absolute atomic E-state index is 3.75. The number of rotatable bonds is 5. The molecule has 0 radical (unpaired) electrons. The first-order valence-corrected chi connectivity index (χ1v) is 6.29. The second-order valence-electron chi connectivity index (χ2n) is 3.66. The second kappa shape index (κ2) is 10.5. The smallest absolute Gasteiger partial charge is 0.0355 e. The van der Waals surface area contributed by atoms with Gasteiger partial charge in [0, 0.05) is 18.8 Å². The molecule has 0 atom stereocenters. The Labute approximate surface area is 103 Å². The van der Waals surface area contributed by atoms with Crippen molar-refractivity contribution in [3.63, 3.8) is 0 Å². The molecule has 0 saturated heterocycles. The average Bonchev–Trinajstić information content (AvgIpc) is 2.31. The maximum Gasteiger partial charge on any atom is 0.0355 e. The van der Waals surface area contributed by atoms with Crippen LogP contribution in [0.15, 0.2) is 36.1 Å². The summed E-state index contributed by atoms with van der Waals surface area (Å²) in [5.74, 6) is 0. The van der Waals surface area contributed by atoms with Crippen LogP contribution >= 0.6 is 0 Å². The molecule has 94 valence electrons. The van der Waals surface area contributed by atoms with E-state index < -0.39 is 0 Å². The fourth-order valence-corrected chi connectivity index (χ4v) is 1.42. The summed E-state index contributed by atoms with van der Waals surface area (Å²) < 4.78 is 0. The fraction of sp³-hybridized carbons (Fsp3) is 0.600. The molecule has 0 fully saturated rings. The lowest BCUT2D eigenvalue weighted by molar-refractivity contribution is 0.348. The van der Waals surface area contributed by atoms with Crippen LogP contribution < -0.4 is 0 Å². The summed E-state index contributed by atoms with van der Waals surface area (Å²) in [5, 5.41) is 0. The van der Waals surface area contributed by atoms with E-state index in [-0.39, 0.29) is 0 Å². The first-order chi connectivity index (χ1) is 7.58. The molecule has 0 aromatic heterocycles. The van der Waals surface area contributed by atoms with Gasteiger partial charge in [0.05, 0.1) is 0 Å². The third-order valence-electron chi connectivity index (χ3n) is 2.46. The molecule has 0 unspecified atom stereocenters. The molecule has 0 spiro atoms. The Morgan fingerprint density at radius 2 is 1.81 bits per heavy atom. The Balaban J connectivity index is 0. The van der Waals surface area contributed by atoms with E-state index in [1.54, 1.807) is 0 Å². The zero-order valence-corrected chi connectivity index (χ0v) is 12.2. The fourth-order valence-electron chi connectivity index (χ4n) is 1.42. The first-order valence-electron chi connectivity index (χ1n) is 6.29. The number of hydrogen-bond donors (Lipinski definition) is 0. The number of likely N-dealkylation sites (N-methyl/N-ethyl adjacent to an activating group) is 1. The lowest BCUT2D eigenvalue weighted by Crippen LogP contribution is -2.26. The Morgan fingerprint density at radius 1 is 1.31 bits per heavy atom. The predicted molar refractivity (Wildman–Crippen MR) is 76.6 cm³/mol. The molecule has 0 heterocycles. The van der Waals surface area contributed by atoms with Crippen molar-refractivity contribution in [1.29, 1.82) is 0 Å². The van der Waals surface area contributed by atoms with Gasteiger partial charge in [-0.2, -0.15) is 0 Å². The van der Waals surface area contributed by atoms with Crippen molar-refractivity contribution in [1.82, 2.24) is 4.90 Å². The van der Waals surface area contributed by atoms with Crippen LogP contribution in [0.2, 0.25) is 0 Å². The molecule has 0 aliphatic rings. The lowest BCUT2D eigenvalue weighted by Gasteiger charge is -2.28. The maximum atomic E-state index is 3.75. The van der Waals surface area contributed by atoms with Gasteiger partial charge in [-0.05, 0) is 32.8 Å². The topological polar surface area (TPSA) is 3.24 Å². The van der Waals surface area contributed by atoms with Gasteiger partial charge in [0.2, 0.25) is 0 Å². The van der Waals surface area contributed by atoms with Crippen molar-refractivity contribution >= 4 is 0 Å². The summed E-state index contributed by atoms with van der Waals surface area (Å²) in [7, 11) is 2.13. The van der Waals surface area contributed by atoms with Crippen LogP contribution in [-0.2, 0) is 0 Å². The van der Waals surface area contributed by atoms with E-state index in [1.165, 1.54) is 11.3 Å². The predicted octanol–water partition coefficient (Wildman–Crippen LogP) is 4.78. The Hall–Kier alpha value is -0.980. The van der Waals surface area contributed by atoms with Gasteiger partial charge >= 0.3 is 0 Å². The minimum Gasteiger partial charge on any atom is -0.372 e. The molecule has 0 saturated carbocycles.